The molecule has 3 heterocycles. The number of aromatic amines is 2. The van der Waals surface area contributed by atoms with Crippen LogP contribution in [0.15, 0.2) is 42.7 Å². The van der Waals surface area contributed by atoms with Crippen LogP contribution < -0.4 is 11.5 Å². The summed E-state index contributed by atoms with van der Waals surface area (Å²) in [5, 5.41) is 15.8. The lowest BCUT2D eigenvalue weighted by atomic mass is 9.99. The fourth-order valence-electron chi connectivity index (χ4n) is 3.56. The molecule has 0 spiro atoms. The Bertz CT molecular complexity index is 1420. The molecular weight excluding hydrogens is 368 g/mol. The number of rotatable bonds is 3. The Morgan fingerprint density at radius 1 is 1.03 bits per heavy atom. The van der Waals surface area contributed by atoms with E-state index in [-0.39, 0.29) is 11.4 Å². The van der Waals surface area contributed by atoms with Crippen molar-refractivity contribution in [2.45, 2.75) is 6.92 Å². The highest BCUT2D eigenvalue weighted by molar-refractivity contribution is 6.04. The predicted molar refractivity (Wildman–Crippen MR) is 110 cm³/mol. The van der Waals surface area contributed by atoms with Crippen molar-refractivity contribution in [3.8, 4) is 22.6 Å². The molecule has 0 saturated carbocycles. The van der Waals surface area contributed by atoms with Crippen LogP contribution in [-0.4, -0.2) is 36.3 Å². The monoisotopic (exact) mass is 384 g/mol. The molecule has 5 rings (SSSR count). The van der Waals surface area contributed by atoms with Gasteiger partial charge in [-0.2, -0.15) is 10.2 Å². The van der Waals surface area contributed by atoms with E-state index in [4.69, 9.17) is 16.5 Å². The van der Waals surface area contributed by atoms with E-state index >= 15 is 0 Å². The van der Waals surface area contributed by atoms with E-state index in [1.165, 1.54) is 0 Å². The van der Waals surface area contributed by atoms with Gasteiger partial charge in [0.25, 0.3) is 5.91 Å². The maximum Gasteiger partial charge on any atom is 0.269 e. The summed E-state index contributed by atoms with van der Waals surface area (Å²) in [6.45, 7) is 1.95. The van der Waals surface area contributed by atoms with Gasteiger partial charge < -0.3 is 11.5 Å². The number of carbonyl (C=O) groups is 1. The van der Waals surface area contributed by atoms with Gasteiger partial charge in [-0.15, -0.1) is 0 Å². The van der Waals surface area contributed by atoms with Gasteiger partial charge in [0.2, 0.25) is 0 Å². The molecule has 29 heavy (non-hydrogen) atoms. The minimum absolute atomic E-state index is 0.0265. The van der Waals surface area contributed by atoms with Crippen LogP contribution in [0.5, 0.6) is 0 Å². The second-order valence-electron chi connectivity index (χ2n) is 6.75. The van der Waals surface area contributed by atoms with Gasteiger partial charge in [0.05, 0.1) is 34.8 Å². The van der Waals surface area contributed by atoms with Gasteiger partial charge in [-0.05, 0) is 24.6 Å². The molecule has 0 aliphatic heterocycles. The molecule has 142 valence electrons. The highest BCUT2D eigenvalue weighted by Crippen LogP contribution is 2.36. The molecule has 0 fully saturated rings. The van der Waals surface area contributed by atoms with Crippen LogP contribution in [0.25, 0.3) is 44.5 Å². The van der Waals surface area contributed by atoms with E-state index in [1.807, 2.05) is 37.3 Å². The number of H-pyrrole nitrogens is 2. The first-order chi connectivity index (χ1) is 14.0. The first kappa shape index (κ1) is 16.9. The van der Waals surface area contributed by atoms with Crippen LogP contribution in [0, 0.1) is 6.92 Å². The number of para-hydroxylation sites is 1. The number of amides is 1. The first-order valence-electron chi connectivity index (χ1n) is 8.87. The number of aryl methyl sites for hydroxylation is 1. The van der Waals surface area contributed by atoms with Gasteiger partial charge in [-0.25, -0.2) is 9.97 Å². The lowest BCUT2D eigenvalue weighted by Gasteiger charge is -2.14. The standard InChI is InChI=1S/C20H16N8O/c1-9-5-6-13-12(8-24-27-13)14(9)17-15(21)18(19(22)29)26-20(25-17)11-4-2-3-10-7-23-28-16(10)11/h2-8H,21H2,1H3,(H2,22,29)(H,23,28)(H,24,27). The molecule has 0 unspecified atom stereocenters. The minimum Gasteiger partial charge on any atom is -0.395 e. The molecule has 0 bridgehead atoms. The Morgan fingerprint density at radius 2 is 1.86 bits per heavy atom. The second-order valence-corrected chi connectivity index (χ2v) is 6.75. The summed E-state index contributed by atoms with van der Waals surface area (Å²) >= 11 is 0. The van der Waals surface area contributed by atoms with Crippen molar-refractivity contribution in [1.29, 1.82) is 0 Å². The Hall–Kier alpha value is -4.27. The zero-order chi connectivity index (χ0) is 20.1. The molecule has 5 aromatic rings. The highest BCUT2D eigenvalue weighted by Gasteiger charge is 2.22. The van der Waals surface area contributed by atoms with Crippen molar-refractivity contribution in [3.05, 3.63) is 54.0 Å². The van der Waals surface area contributed by atoms with E-state index in [0.29, 0.717) is 17.1 Å². The Morgan fingerprint density at radius 3 is 2.69 bits per heavy atom. The molecule has 9 nitrogen and oxygen atoms in total. The van der Waals surface area contributed by atoms with Gasteiger partial charge in [-0.1, -0.05) is 18.2 Å². The maximum atomic E-state index is 12.1. The van der Waals surface area contributed by atoms with Crippen molar-refractivity contribution in [2.24, 2.45) is 5.73 Å². The van der Waals surface area contributed by atoms with Gasteiger partial charge >= 0.3 is 0 Å². The summed E-state index contributed by atoms with van der Waals surface area (Å²) in [6, 6.07) is 9.52. The normalized spacial score (nSPS) is 11.3. The first-order valence-corrected chi connectivity index (χ1v) is 8.87. The molecule has 0 atom stereocenters. The molecule has 9 heteroatoms. The number of aromatic nitrogens is 6. The molecular formula is C20H16N8O. The number of hydrogen-bond donors (Lipinski definition) is 4. The number of nitrogens with zero attached hydrogens (tertiary/aromatic N) is 4. The van der Waals surface area contributed by atoms with E-state index < -0.39 is 5.91 Å². The van der Waals surface area contributed by atoms with Crippen molar-refractivity contribution < 1.29 is 4.79 Å². The van der Waals surface area contributed by atoms with Gasteiger partial charge in [0, 0.05) is 21.9 Å². The van der Waals surface area contributed by atoms with Gasteiger partial charge in [0.15, 0.2) is 11.5 Å². The molecule has 6 N–H and O–H groups in total. The Labute approximate surface area is 164 Å². The van der Waals surface area contributed by atoms with E-state index in [9.17, 15) is 4.79 Å². The molecule has 0 aliphatic carbocycles. The lowest BCUT2D eigenvalue weighted by Crippen LogP contribution is -2.18. The van der Waals surface area contributed by atoms with Crippen LogP contribution >= 0.6 is 0 Å². The number of fused-ring (bicyclic) bond motifs is 2. The average molecular weight is 384 g/mol. The smallest absolute Gasteiger partial charge is 0.269 e. The number of primary amides is 1. The molecule has 2 aromatic carbocycles. The largest absolute Gasteiger partial charge is 0.395 e. The van der Waals surface area contributed by atoms with Crippen LogP contribution in [0.1, 0.15) is 16.1 Å². The zero-order valence-electron chi connectivity index (χ0n) is 15.4. The van der Waals surface area contributed by atoms with Crippen molar-refractivity contribution >= 4 is 33.4 Å². The average Bonchev–Trinajstić information content (AvgIpc) is 3.37. The maximum absolute atomic E-state index is 12.1. The van der Waals surface area contributed by atoms with Crippen LogP contribution in [0.2, 0.25) is 0 Å². The van der Waals surface area contributed by atoms with Crippen LogP contribution in [0.3, 0.4) is 0 Å². The third kappa shape index (κ3) is 2.52. The zero-order valence-corrected chi connectivity index (χ0v) is 15.4. The third-order valence-electron chi connectivity index (χ3n) is 4.97. The van der Waals surface area contributed by atoms with Gasteiger partial charge in [-0.3, -0.25) is 15.0 Å². The van der Waals surface area contributed by atoms with Crippen LogP contribution in [0.4, 0.5) is 5.69 Å². The van der Waals surface area contributed by atoms with E-state index in [2.05, 4.69) is 25.4 Å². The Kier molecular flexibility index (Phi) is 3.56. The number of carbonyl (C=O) groups excluding carboxylic acids is 1. The van der Waals surface area contributed by atoms with E-state index in [1.54, 1.807) is 12.4 Å². The summed E-state index contributed by atoms with van der Waals surface area (Å²) in [4.78, 5) is 21.2. The number of nitrogens with two attached hydrogens (primary N) is 2. The molecule has 0 saturated heterocycles. The topological polar surface area (TPSA) is 152 Å². The predicted octanol–water partition coefficient (Wildman–Crippen LogP) is 2.55. The number of nitrogens with one attached hydrogen (secondary N) is 2. The number of anilines is 1. The Balaban J connectivity index is 1.87. The fourth-order valence-corrected chi connectivity index (χ4v) is 3.56. The number of nitrogen functional groups attached to an aromatic ring is 1. The lowest BCUT2D eigenvalue weighted by molar-refractivity contribution is 0.0996. The SMILES string of the molecule is Cc1ccc2[nH]ncc2c1-c1nc(-c2cccc3cn[nH]c23)nc(C(N)=O)c1N. The second kappa shape index (κ2) is 6.13. The summed E-state index contributed by atoms with van der Waals surface area (Å²) in [5.74, 6) is -0.390. The summed E-state index contributed by atoms with van der Waals surface area (Å²) in [6.07, 6.45) is 3.42. The number of hydrogen-bond acceptors (Lipinski definition) is 6. The van der Waals surface area contributed by atoms with E-state index in [0.717, 1.165) is 32.9 Å². The quantitative estimate of drug-likeness (QED) is 0.375. The van der Waals surface area contributed by atoms with Crippen molar-refractivity contribution in [1.82, 2.24) is 30.4 Å². The molecule has 0 radical (unpaired) electrons. The van der Waals surface area contributed by atoms with Crippen molar-refractivity contribution in [3.63, 3.8) is 0 Å². The minimum atomic E-state index is -0.721. The molecule has 0 aliphatic rings. The summed E-state index contributed by atoms with van der Waals surface area (Å²) in [5.41, 5.74) is 16.4. The summed E-state index contributed by atoms with van der Waals surface area (Å²) in [7, 11) is 0. The van der Waals surface area contributed by atoms with Crippen molar-refractivity contribution in [2.75, 3.05) is 5.73 Å². The van der Waals surface area contributed by atoms with Crippen LogP contribution in [-0.2, 0) is 0 Å². The van der Waals surface area contributed by atoms with Gasteiger partial charge in [0.1, 0.15) is 0 Å². The highest BCUT2D eigenvalue weighted by atomic mass is 16.1. The molecule has 1 amide bonds. The number of benzene rings is 2. The fraction of sp³-hybridized carbons (Fsp3) is 0.0500. The molecule has 3 aromatic heterocycles. The summed E-state index contributed by atoms with van der Waals surface area (Å²) < 4.78 is 0. The third-order valence-corrected chi connectivity index (χ3v) is 4.97.